The average molecular weight is 552 g/mol. The summed E-state index contributed by atoms with van der Waals surface area (Å²) >= 11 is 5.99. The maximum Gasteiger partial charge on any atom is 0.279 e. The summed E-state index contributed by atoms with van der Waals surface area (Å²) in [5.74, 6) is 1.51. The Morgan fingerprint density at radius 3 is 2.26 bits per heavy atom. The molecular formula is C28H30ClN5O3S. The molecule has 0 radical (unpaired) electrons. The Balaban J connectivity index is 1.26. The van der Waals surface area contributed by atoms with Crippen molar-refractivity contribution < 1.29 is 13.2 Å². The fourth-order valence-electron chi connectivity index (χ4n) is 4.55. The number of halogens is 1. The highest BCUT2D eigenvalue weighted by Gasteiger charge is 2.27. The van der Waals surface area contributed by atoms with Crippen molar-refractivity contribution in [2.45, 2.75) is 6.42 Å². The molecule has 2 heterocycles. The summed E-state index contributed by atoms with van der Waals surface area (Å²) in [7, 11) is -1.98. The van der Waals surface area contributed by atoms with E-state index in [1.165, 1.54) is 4.31 Å². The molecule has 198 valence electrons. The third kappa shape index (κ3) is 6.02. The number of rotatable bonds is 9. The van der Waals surface area contributed by atoms with Gasteiger partial charge in [-0.05, 0) is 48.5 Å². The number of hydrogen-bond donors (Lipinski definition) is 2. The van der Waals surface area contributed by atoms with Crippen LogP contribution in [-0.4, -0.2) is 62.5 Å². The monoisotopic (exact) mass is 551 g/mol. The molecule has 1 aromatic heterocycles. The zero-order valence-electron chi connectivity index (χ0n) is 21.1. The molecule has 0 atom stereocenters. The molecule has 2 N–H and O–H groups in total. The van der Waals surface area contributed by atoms with E-state index < -0.39 is 10.2 Å². The van der Waals surface area contributed by atoms with E-state index in [4.69, 9.17) is 21.3 Å². The van der Waals surface area contributed by atoms with Gasteiger partial charge in [-0.3, -0.25) is 0 Å². The van der Waals surface area contributed by atoms with E-state index >= 15 is 0 Å². The second-order valence-corrected chi connectivity index (χ2v) is 11.2. The van der Waals surface area contributed by atoms with Crippen molar-refractivity contribution in [1.82, 2.24) is 19.0 Å². The second-order valence-electron chi connectivity index (χ2n) is 9.01. The molecule has 5 rings (SSSR count). The number of methoxy groups -OCH3 is 1. The van der Waals surface area contributed by atoms with Crippen LogP contribution in [0.25, 0.3) is 22.6 Å². The van der Waals surface area contributed by atoms with Crippen LogP contribution in [-0.2, 0) is 16.6 Å². The number of hydrogen-bond acceptors (Lipinski definition) is 5. The van der Waals surface area contributed by atoms with Crippen LogP contribution in [0, 0.1) is 0 Å². The molecule has 0 amide bonds. The Bertz CT molecular complexity index is 1450. The molecule has 3 aromatic carbocycles. The lowest BCUT2D eigenvalue weighted by Crippen LogP contribution is -2.52. The summed E-state index contributed by atoms with van der Waals surface area (Å²) in [5, 5.41) is 0.683. The highest BCUT2D eigenvalue weighted by Crippen LogP contribution is 2.28. The van der Waals surface area contributed by atoms with Crippen molar-refractivity contribution in [3.05, 3.63) is 89.6 Å². The van der Waals surface area contributed by atoms with Crippen molar-refractivity contribution >= 4 is 27.5 Å². The van der Waals surface area contributed by atoms with Crippen LogP contribution >= 0.6 is 11.6 Å². The first kappa shape index (κ1) is 26.2. The Kier molecular flexibility index (Phi) is 7.99. The van der Waals surface area contributed by atoms with Gasteiger partial charge >= 0.3 is 0 Å². The van der Waals surface area contributed by atoms with Gasteiger partial charge in [0.2, 0.25) is 0 Å². The molecule has 1 aliphatic rings. The summed E-state index contributed by atoms with van der Waals surface area (Å²) < 4.78 is 35.7. The molecule has 1 saturated heterocycles. The van der Waals surface area contributed by atoms with Crippen molar-refractivity contribution in [1.29, 1.82) is 0 Å². The van der Waals surface area contributed by atoms with Crippen LogP contribution in [0.1, 0.15) is 5.69 Å². The van der Waals surface area contributed by atoms with Gasteiger partial charge in [-0.25, -0.2) is 9.71 Å². The summed E-state index contributed by atoms with van der Waals surface area (Å²) in [6, 6.07) is 25.2. The Morgan fingerprint density at radius 2 is 1.61 bits per heavy atom. The van der Waals surface area contributed by atoms with E-state index in [-0.39, 0.29) is 6.54 Å². The van der Waals surface area contributed by atoms with Crippen molar-refractivity contribution in [2.24, 2.45) is 0 Å². The number of aromatic nitrogens is 2. The van der Waals surface area contributed by atoms with Crippen LogP contribution in [0.4, 0.5) is 5.69 Å². The highest BCUT2D eigenvalue weighted by molar-refractivity contribution is 7.87. The summed E-state index contributed by atoms with van der Waals surface area (Å²) in [5.41, 5.74) is 4.62. The largest absolute Gasteiger partial charge is 0.497 e. The molecule has 4 aromatic rings. The van der Waals surface area contributed by atoms with E-state index in [0.29, 0.717) is 37.6 Å². The molecular weight excluding hydrogens is 522 g/mol. The molecule has 38 heavy (non-hydrogen) atoms. The third-order valence-corrected chi connectivity index (χ3v) is 8.49. The molecule has 1 fully saturated rings. The van der Waals surface area contributed by atoms with Gasteiger partial charge in [-0.1, -0.05) is 41.9 Å². The second kappa shape index (κ2) is 11.6. The average Bonchev–Trinajstić information content (AvgIpc) is 3.38. The topological polar surface area (TPSA) is 90.6 Å². The number of benzene rings is 3. The van der Waals surface area contributed by atoms with Gasteiger partial charge in [0.1, 0.15) is 11.6 Å². The number of nitrogens with zero attached hydrogens (tertiary/aromatic N) is 3. The number of ether oxygens (including phenoxy) is 1. The minimum absolute atomic E-state index is 0.238. The van der Waals surface area contributed by atoms with Crippen molar-refractivity contribution in [3.63, 3.8) is 0 Å². The molecule has 8 nitrogen and oxygen atoms in total. The van der Waals surface area contributed by atoms with Crippen LogP contribution in [0.2, 0.25) is 5.02 Å². The number of imidazole rings is 1. The lowest BCUT2D eigenvalue weighted by Gasteiger charge is -2.35. The van der Waals surface area contributed by atoms with Gasteiger partial charge in [0.05, 0.1) is 18.5 Å². The normalized spacial score (nSPS) is 14.5. The molecule has 1 aliphatic heterocycles. The van der Waals surface area contributed by atoms with Crippen LogP contribution in [0.5, 0.6) is 5.75 Å². The number of piperazine rings is 1. The molecule has 0 unspecified atom stereocenters. The molecule has 0 bridgehead atoms. The first-order valence-corrected chi connectivity index (χ1v) is 14.3. The number of aromatic amines is 1. The lowest BCUT2D eigenvalue weighted by atomic mass is 10.1. The van der Waals surface area contributed by atoms with Gasteiger partial charge in [0, 0.05) is 61.0 Å². The number of nitrogens with one attached hydrogen (secondary N) is 2. The smallest absolute Gasteiger partial charge is 0.279 e. The van der Waals surface area contributed by atoms with Gasteiger partial charge in [-0.2, -0.15) is 12.7 Å². The molecule has 10 heteroatoms. The summed E-state index contributed by atoms with van der Waals surface area (Å²) in [6.07, 6.45) is 0.439. The van der Waals surface area contributed by atoms with Gasteiger partial charge < -0.3 is 14.6 Å². The zero-order chi connectivity index (χ0) is 26.5. The predicted molar refractivity (Wildman–Crippen MR) is 152 cm³/mol. The van der Waals surface area contributed by atoms with E-state index in [1.807, 2.05) is 78.9 Å². The van der Waals surface area contributed by atoms with Crippen molar-refractivity contribution in [2.75, 3.05) is 44.7 Å². The Hall–Kier alpha value is -3.37. The maximum absolute atomic E-state index is 13.1. The number of H-pyrrole nitrogens is 1. The van der Waals surface area contributed by atoms with Gasteiger partial charge in [0.25, 0.3) is 10.2 Å². The first-order valence-electron chi connectivity index (χ1n) is 12.5. The Labute approximate surface area is 228 Å². The van der Waals surface area contributed by atoms with Gasteiger partial charge in [-0.15, -0.1) is 0 Å². The van der Waals surface area contributed by atoms with E-state index in [9.17, 15) is 8.42 Å². The van der Waals surface area contributed by atoms with E-state index in [2.05, 4.69) is 14.6 Å². The lowest BCUT2D eigenvalue weighted by molar-refractivity contribution is 0.378. The zero-order valence-corrected chi connectivity index (χ0v) is 22.7. The van der Waals surface area contributed by atoms with E-state index in [1.54, 1.807) is 7.11 Å². The maximum atomic E-state index is 13.1. The molecule has 0 aliphatic carbocycles. The predicted octanol–water partition coefficient (Wildman–Crippen LogP) is 4.60. The van der Waals surface area contributed by atoms with Gasteiger partial charge in [0.15, 0.2) is 0 Å². The van der Waals surface area contributed by atoms with Crippen molar-refractivity contribution in [3.8, 4) is 28.4 Å². The fraction of sp³-hybridized carbons (Fsp3) is 0.250. The fourth-order valence-corrected chi connectivity index (χ4v) is 5.86. The van der Waals surface area contributed by atoms with Crippen LogP contribution in [0.3, 0.4) is 0 Å². The quantitative estimate of drug-likeness (QED) is 0.317. The van der Waals surface area contributed by atoms with Crippen LogP contribution in [0.15, 0.2) is 78.9 Å². The number of anilines is 1. The third-order valence-electron chi connectivity index (χ3n) is 6.62. The minimum atomic E-state index is -3.62. The highest BCUT2D eigenvalue weighted by atomic mass is 35.5. The summed E-state index contributed by atoms with van der Waals surface area (Å²) in [6.45, 7) is 2.29. The SMILES string of the molecule is COc1ccc(-c2[nH]c(-c3ccccc3)nc2CCNS(=O)(=O)N2CCN(c3ccc(Cl)cc3)CC2)cc1. The molecule has 0 spiro atoms. The summed E-state index contributed by atoms with van der Waals surface area (Å²) in [4.78, 5) is 10.4. The molecule has 0 saturated carbocycles. The van der Waals surface area contributed by atoms with Crippen LogP contribution < -0.4 is 14.4 Å². The first-order chi connectivity index (χ1) is 18.4. The minimum Gasteiger partial charge on any atom is -0.497 e. The van der Waals surface area contributed by atoms with E-state index in [0.717, 1.165) is 39.8 Å². The Morgan fingerprint density at radius 1 is 0.921 bits per heavy atom. The standard InChI is InChI=1S/C28H30ClN5O3S/c1-37-25-13-7-21(8-14-25)27-26(31-28(32-27)22-5-3-2-4-6-22)15-16-30-38(35,36)34-19-17-33(18-20-34)24-11-9-23(29)10-12-24/h2-14,30H,15-20H2,1H3,(H,31,32).